The van der Waals surface area contributed by atoms with E-state index in [-0.39, 0.29) is 4.83 Å². The molecule has 0 aliphatic heterocycles. The molecular weight excluding hydrogens is 335 g/mol. The standard InChI is InChI=1S/C14H17BrCl2O/c1-4-18-12-6-10(16)8(5-11(12)17)13(15)9-7-14(9,2)3/h5-6,9,13H,4,7H2,1-3H3. The Hall–Kier alpha value is 0.0800. The van der Waals surface area contributed by atoms with Crippen molar-refractivity contribution < 1.29 is 4.74 Å². The van der Waals surface area contributed by atoms with Crippen LogP contribution in [0, 0.1) is 11.3 Å². The van der Waals surface area contributed by atoms with Crippen LogP contribution in [0.1, 0.15) is 37.6 Å². The van der Waals surface area contributed by atoms with Crippen molar-refractivity contribution in [2.75, 3.05) is 6.61 Å². The molecule has 2 unspecified atom stereocenters. The summed E-state index contributed by atoms with van der Waals surface area (Å²) in [6.45, 7) is 7.06. The third-order valence-corrected chi connectivity index (χ3v) is 5.35. The molecule has 0 heterocycles. The highest BCUT2D eigenvalue weighted by molar-refractivity contribution is 9.09. The molecule has 1 nitrogen and oxygen atoms in total. The summed E-state index contributed by atoms with van der Waals surface area (Å²) in [5.41, 5.74) is 1.45. The predicted octanol–water partition coefficient (Wildman–Crippen LogP) is 5.87. The minimum absolute atomic E-state index is 0.258. The van der Waals surface area contributed by atoms with Gasteiger partial charge in [-0.15, -0.1) is 0 Å². The van der Waals surface area contributed by atoms with Crippen LogP contribution < -0.4 is 4.74 Å². The molecule has 1 aliphatic carbocycles. The van der Waals surface area contributed by atoms with Crippen LogP contribution in [0.15, 0.2) is 12.1 Å². The van der Waals surface area contributed by atoms with Crippen LogP contribution in [0.3, 0.4) is 0 Å². The number of hydrogen-bond donors (Lipinski definition) is 0. The molecule has 0 N–H and O–H groups in total. The maximum Gasteiger partial charge on any atom is 0.139 e. The van der Waals surface area contributed by atoms with Crippen molar-refractivity contribution in [2.24, 2.45) is 11.3 Å². The Kier molecular flexibility index (Phi) is 4.20. The van der Waals surface area contributed by atoms with E-state index < -0.39 is 0 Å². The van der Waals surface area contributed by atoms with Crippen LogP contribution in [-0.4, -0.2) is 6.61 Å². The van der Waals surface area contributed by atoms with Crippen molar-refractivity contribution in [3.8, 4) is 5.75 Å². The summed E-state index contributed by atoms with van der Waals surface area (Å²) >= 11 is 16.3. The Bertz CT molecular complexity index is 459. The van der Waals surface area contributed by atoms with Crippen molar-refractivity contribution in [3.63, 3.8) is 0 Å². The molecule has 0 bridgehead atoms. The van der Waals surface area contributed by atoms with Gasteiger partial charge in [-0.3, -0.25) is 0 Å². The van der Waals surface area contributed by atoms with E-state index in [1.807, 2.05) is 19.1 Å². The molecule has 1 aliphatic rings. The Labute approximate surface area is 127 Å². The molecule has 0 saturated heterocycles. The topological polar surface area (TPSA) is 9.23 Å². The maximum atomic E-state index is 6.33. The zero-order valence-electron chi connectivity index (χ0n) is 10.8. The Morgan fingerprint density at radius 3 is 2.50 bits per heavy atom. The molecule has 0 aromatic heterocycles. The molecule has 0 amide bonds. The summed E-state index contributed by atoms with van der Waals surface area (Å²) in [6, 6.07) is 3.73. The van der Waals surface area contributed by atoms with E-state index in [4.69, 9.17) is 27.9 Å². The van der Waals surface area contributed by atoms with Crippen molar-refractivity contribution in [1.29, 1.82) is 0 Å². The first kappa shape index (κ1) is 14.5. The highest BCUT2D eigenvalue weighted by atomic mass is 79.9. The Morgan fingerprint density at radius 1 is 1.39 bits per heavy atom. The zero-order chi connectivity index (χ0) is 13.5. The number of hydrogen-bond acceptors (Lipinski definition) is 1. The molecule has 1 fully saturated rings. The van der Waals surface area contributed by atoms with Gasteiger partial charge in [0.2, 0.25) is 0 Å². The number of ether oxygens (including phenoxy) is 1. The predicted molar refractivity (Wildman–Crippen MR) is 81.2 cm³/mol. The summed E-state index contributed by atoms with van der Waals surface area (Å²) < 4.78 is 5.44. The van der Waals surface area contributed by atoms with Crippen molar-refractivity contribution >= 4 is 39.1 Å². The van der Waals surface area contributed by atoms with Crippen molar-refractivity contribution in [3.05, 3.63) is 27.7 Å². The van der Waals surface area contributed by atoms with Crippen LogP contribution in [0.2, 0.25) is 10.0 Å². The van der Waals surface area contributed by atoms with E-state index in [1.54, 1.807) is 0 Å². The van der Waals surface area contributed by atoms with Crippen molar-refractivity contribution in [2.45, 2.75) is 32.0 Å². The second-order valence-electron chi connectivity index (χ2n) is 5.44. The van der Waals surface area contributed by atoms with Gasteiger partial charge >= 0.3 is 0 Å². The van der Waals surface area contributed by atoms with Gasteiger partial charge in [-0.05, 0) is 36.3 Å². The van der Waals surface area contributed by atoms with Crippen LogP contribution >= 0.6 is 39.1 Å². The molecule has 18 heavy (non-hydrogen) atoms. The van der Waals surface area contributed by atoms with Crippen molar-refractivity contribution in [1.82, 2.24) is 0 Å². The van der Waals surface area contributed by atoms with Gasteiger partial charge < -0.3 is 4.74 Å². The normalized spacial score (nSPS) is 22.7. The quantitative estimate of drug-likeness (QED) is 0.616. The van der Waals surface area contributed by atoms with Crippen LogP contribution in [0.4, 0.5) is 0 Å². The number of halogens is 3. The summed E-state index contributed by atoms with van der Waals surface area (Å²) in [7, 11) is 0. The fourth-order valence-electron chi connectivity index (χ4n) is 2.25. The second kappa shape index (κ2) is 5.22. The molecule has 1 saturated carbocycles. The first-order valence-corrected chi connectivity index (χ1v) is 7.79. The first-order chi connectivity index (χ1) is 8.36. The lowest BCUT2D eigenvalue weighted by Gasteiger charge is -2.16. The van der Waals surface area contributed by atoms with Gasteiger partial charge in [-0.2, -0.15) is 0 Å². The van der Waals surface area contributed by atoms with Crippen LogP contribution in [-0.2, 0) is 0 Å². The lowest BCUT2D eigenvalue weighted by molar-refractivity contribution is 0.340. The molecule has 0 radical (unpaired) electrons. The van der Waals surface area contributed by atoms with Gasteiger partial charge in [0.15, 0.2) is 0 Å². The highest BCUT2D eigenvalue weighted by Crippen LogP contribution is 2.61. The molecule has 0 spiro atoms. The maximum absolute atomic E-state index is 6.33. The molecule has 2 rings (SSSR count). The fraction of sp³-hybridized carbons (Fsp3) is 0.571. The SMILES string of the molecule is CCOc1cc(Cl)c(C(Br)C2CC2(C)C)cc1Cl. The minimum atomic E-state index is 0.258. The van der Waals surface area contributed by atoms with E-state index in [0.29, 0.717) is 33.7 Å². The number of rotatable bonds is 4. The summed E-state index contributed by atoms with van der Waals surface area (Å²) in [5.74, 6) is 1.27. The van der Waals surface area contributed by atoms with Crippen LogP contribution in [0.5, 0.6) is 5.75 Å². The monoisotopic (exact) mass is 350 g/mol. The average molecular weight is 352 g/mol. The second-order valence-corrected chi connectivity index (χ2v) is 7.24. The van der Waals surface area contributed by atoms with E-state index in [0.717, 1.165) is 5.56 Å². The average Bonchev–Trinajstić information content (AvgIpc) is 2.92. The van der Waals surface area contributed by atoms with E-state index in [2.05, 4.69) is 29.8 Å². The van der Waals surface area contributed by atoms with Gasteiger partial charge in [0.1, 0.15) is 5.75 Å². The third kappa shape index (κ3) is 2.81. The minimum Gasteiger partial charge on any atom is -0.492 e. The molecule has 4 heteroatoms. The summed E-state index contributed by atoms with van der Waals surface area (Å²) in [4.78, 5) is 0.258. The van der Waals surface area contributed by atoms with E-state index in [1.165, 1.54) is 6.42 Å². The molecule has 1 aromatic rings. The summed E-state index contributed by atoms with van der Waals surface area (Å²) in [6.07, 6.45) is 1.21. The molecule has 2 atom stereocenters. The van der Waals surface area contributed by atoms with Gasteiger partial charge in [0, 0.05) is 15.9 Å². The van der Waals surface area contributed by atoms with Gasteiger partial charge in [-0.25, -0.2) is 0 Å². The Morgan fingerprint density at radius 2 is 2.00 bits per heavy atom. The number of alkyl halides is 1. The smallest absolute Gasteiger partial charge is 0.139 e. The largest absolute Gasteiger partial charge is 0.492 e. The first-order valence-electron chi connectivity index (χ1n) is 6.12. The molecule has 100 valence electrons. The van der Waals surface area contributed by atoms with Gasteiger partial charge in [0.25, 0.3) is 0 Å². The van der Waals surface area contributed by atoms with Gasteiger partial charge in [0.05, 0.1) is 11.6 Å². The zero-order valence-corrected chi connectivity index (χ0v) is 13.9. The fourth-order valence-corrected chi connectivity index (χ4v) is 4.16. The lowest BCUT2D eigenvalue weighted by atomic mass is 10.0. The number of benzene rings is 1. The highest BCUT2D eigenvalue weighted by Gasteiger charge is 2.50. The lowest BCUT2D eigenvalue weighted by Crippen LogP contribution is -2.01. The Balaban J connectivity index is 2.26. The molecule has 1 aromatic carbocycles. The van der Waals surface area contributed by atoms with E-state index in [9.17, 15) is 0 Å². The molecular formula is C14H17BrCl2O. The van der Waals surface area contributed by atoms with E-state index >= 15 is 0 Å². The summed E-state index contributed by atoms with van der Waals surface area (Å²) in [5, 5.41) is 1.34. The van der Waals surface area contributed by atoms with Gasteiger partial charge in [-0.1, -0.05) is 53.0 Å². The third-order valence-electron chi connectivity index (χ3n) is 3.59. The van der Waals surface area contributed by atoms with Crippen LogP contribution in [0.25, 0.3) is 0 Å².